The van der Waals surface area contributed by atoms with Gasteiger partial charge in [-0.15, -0.1) is 0 Å². The summed E-state index contributed by atoms with van der Waals surface area (Å²) in [4.78, 5) is 24.6. The van der Waals surface area contributed by atoms with Crippen molar-refractivity contribution in [2.24, 2.45) is 11.3 Å². The van der Waals surface area contributed by atoms with Gasteiger partial charge in [0.2, 0.25) is 11.8 Å². The van der Waals surface area contributed by atoms with E-state index >= 15 is 0 Å². The van der Waals surface area contributed by atoms with Crippen LogP contribution in [0.25, 0.3) is 0 Å². The molecule has 2 saturated carbocycles. The maximum absolute atomic E-state index is 12.5. The van der Waals surface area contributed by atoms with E-state index in [1.165, 1.54) is 6.42 Å². The Bertz CT molecular complexity index is 595. The molecule has 1 aromatic heterocycles. The Balaban J connectivity index is 1.33. The Morgan fingerprint density at radius 2 is 2.19 bits per heavy atom. The first-order valence-electron chi connectivity index (χ1n) is 10.2. The third-order valence-electron chi connectivity index (χ3n) is 6.18. The molecule has 1 heterocycles. The molecule has 2 fully saturated rings. The van der Waals surface area contributed by atoms with Crippen molar-refractivity contribution in [3.8, 4) is 0 Å². The molecule has 2 atom stereocenters. The van der Waals surface area contributed by atoms with Crippen LogP contribution < -0.4 is 10.6 Å². The lowest BCUT2D eigenvalue weighted by molar-refractivity contribution is -0.136. The van der Waals surface area contributed by atoms with Crippen LogP contribution in [0.15, 0.2) is 12.4 Å². The SMILES string of the molecule is CCCC1(C(=O)NCCC2CCC(NC(=O)Cc3cn[nH]c3)C2)CCC1. The highest BCUT2D eigenvalue weighted by Crippen LogP contribution is 2.45. The molecule has 3 rings (SSSR count). The average Bonchev–Trinajstić information content (AvgIpc) is 3.23. The first-order chi connectivity index (χ1) is 12.6. The molecule has 2 unspecified atom stereocenters. The molecule has 0 bridgehead atoms. The second-order valence-corrected chi connectivity index (χ2v) is 8.16. The molecular weight excluding hydrogens is 328 g/mol. The average molecular weight is 361 g/mol. The van der Waals surface area contributed by atoms with Crippen molar-refractivity contribution in [1.82, 2.24) is 20.8 Å². The summed E-state index contributed by atoms with van der Waals surface area (Å²) in [6, 6.07) is 0.271. The molecule has 0 aliphatic heterocycles. The first-order valence-corrected chi connectivity index (χ1v) is 10.2. The van der Waals surface area contributed by atoms with E-state index in [9.17, 15) is 9.59 Å². The van der Waals surface area contributed by atoms with E-state index < -0.39 is 0 Å². The Kier molecular flexibility index (Phi) is 6.33. The third-order valence-corrected chi connectivity index (χ3v) is 6.18. The van der Waals surface area contributed by atoms with Gasteiger partial charge in [0.25, 0.3) is 0 Å². The predicted molar refractivity (Wildman–Crippen MR) is 100 cm³/mol. The Morgan fingerprint density at radius 3 is 2.85 bits per heavy atom. The molecule has 26 heavy (non-hydrogen) atoms. The summed E-state index contributed by atoms with van der Waals surface area (Å²) in [5.41, 5.74) is 0.852. The van der Waals surface area contributed by atoms with Gasteiger partial charge in [0.15, 0.2) is 0 Å². The minimum atomic E-state index is -0.0615. The van der Waals surface area contributed by atoms with Crippen molar-refractivity contribution < 1.29 is 9.59 Å². The van der Waals surface area contributed by atoms with Crippen molar-refractivity contribution >= 4 is 11.8 Å². The smallest absolute Gasteiger partial charge is 0.226 e. The van der Waals surface area contributed by atoms with Crippen LogP contribution in [0.3, 0.4) is 0 Å². The summed E-state index contributed by atoms with van der Waals surface area (Å²) >= 11 is 0. The summed E-state index contributed by atoms with van der Waals surface area (Å²) < 4.78 is 0. The fourth-order valence-corrected chi connectivity index (χ4v) is 4.56. The zero-order chi connectivity index (χ0) is 18.4. The van der Waals surface area contributed by atoms with Gasteiger partial charge in [-0.3, -0.25) is 14.7 Å². The normalized spacial score (nSPS) is 24.0. The number of aromatic amines is 1. The molecular formula is C20H32N4O2. The third kappa shape index (κ3) is 4.65. The molecule has 3 N–H and O–H groups in total. The molecule has 6 heteroatoms. The molecule has 0 radical (unpaired) electrons. The molecule has 0 spiro atoms. The molecule has 0 saturated heterocycles. The van der Waals surface area contributed by atoms with Gasteiger partial charge in [-0.1, -0.05) is 19.8 Å². The van der Waals surface area contributed by atoms with E-state index in [0.717, 1.165) is 63.5 Å². The summed E-state index contributed by atoms with van der Waals surface area (Å²) in [6.07, 6.45) is 13.4. The summed E-state index contributed by atoms with van der Waals surface area (Å²) in [5, 5.41) is 12.9. The molecule has 2 amide bonds. The number of hydrogen-bond acceptors (Lipinski definition) is 3. The van der Waals surface area contributed by atoms with Crippen molar-refractivity contribution in [3.63, 3.8) is 0 Å². The van der Waals surface area contributed by atoms with E-state index in [2.05, 4.69) is 27.8 Å². The van der Waals surface area contributed by atoms with E-state index in [1.54, 1.807) is 12.4 Å². The van der Waals surface area contributed by atoms with Gasteiger partial charge in [0.05, 0.1) is 12.6 Å². The largest absolute Gasteiger partial charge is 0.356 e. The predicted octanol–water partition coefficient (Wildman–Crippen LogP) is 2.71. The lowest BCUT2D eigenvalue weighted by Crippen LogP contribution is -2.46. The van der Waals surface area contributed by atoms with Gasteiger partial charge in [-0.05, 0) is 56.4 Å². The van der Waals surface area contributed by atoms with Crippen LogP contribution >= 0.6 is 0 Å². The van der Waals surface area contributed by atoms with Crippen molar-refractivity contribution in [1.29, 1.82) is 0 Å². The second-order valence-electron chi connectivity index (χ2n) is 8.16. The number of nitrogens with one attached hydrogen (secondary N) is 3. The van der Waals surface area contributed by atoms with E-state index in [4.69, 9.17) is 0 Å². The summed E-state index contributed by atoms with van der Waals surface area (Å²) in [7, 11) is 0. The van der Waals surface area contributed by atoms with Gasteiger partial charge in [0.1, 0.15) is 0 Å². The number of carbonyl (C=O) groups is 2. The minimum absolute atomic E-state index is 0.0615. The zero-order valence-corrected chi connectivity index (χ0v) is 15.9. The molecule has 0 aromatic carbocycles. The maximum atomic E-state index is 12.5. The van der Waals surface area contributed by atoms with Crippen LogP contribution in [0, 0.1) is 11.3 Å². The fourth-order valence-electron chi connectivity index (χ4n) is 4.56. The van der Waals surface area contributed by atoms with Crippen LogP contribution in [0.2, 0.25) is 0 Å². The lowest BCUT2D eigenvalue weighted by atomic mass is 9.65. The van der Waals surface area contributed by atoms with Crippen molar-refractivity contribution in [2.75, 3.05) is 6.54 Å². The standard InChI is InChI=1S/C20H32N4O2/c1-2-7-20(8-3-9-20)19(26)21-10-6-15-4-5-17(11-15)24-18(25)12-16-13-22-23-14-16/h13-15,17H,2-12H2,1H3,(H,21,26)(H,22,23)(H,24,25). The monoisotopic (exact) mass is 360 g/mol. The van der Waals surface area contributed by atoms with E-state index in [0.29, 0.717) is 12.3 Å². The van der Waals surface area contributed by atoms with Gasteiger partial charge in [0, 0.05) is 24.2 Å². The van der Waals surface area contributed by atoms with E-state index in [1.807, 2.05) is 0 Å². The first kappa shape index (κ1) is 18.9. The van der Waals surface area contributed by atoms with Crippen LogP contribution in [0.5, 0.6) is 0 Å². The van der Waals surface area contributed by atoms with Gasteiger partial charge < -0.3 is 10.6 Å². The Labute approximate surface area is 155 Å². The van der Waals surface area contributed by atoms with Gasteiger partial charge >= 0.3 is 0 Å². The molecule has 144 valence electrons. The highest BCUT2D eigenvalue weighted by Gasteiger charge is 2.42. The maximum Gasteiger partial charge on any atom is 0.226 e. The fraction of sp³-hybridized carbons (Fsp3) is 0.750. The van der Waals surface area contributed by atoms with Crippen LogP contribution in [0.1, 0.15) is 70.3 Å². The number of aromatic nitrogens is 2. The topological polar surface area (TPSA) is 86.9 Å². The van der Waals surface area contributed by atoms with Crippen molar-refractivity contribution in [2.45, 2.75) is 77.2 Å². The number of amides is 2. The van der Waals surface area contributed by atoms with Crippen LogP contribution in [-0.4, -0.2) is 34.6 Å². The Hall–Kier alpha value is -1.85. The summed E-state index contributed by atoms with van der Waals surface area (Å²) in [5.74, 6) is 0.934. The lowest BCUT2D eigenvalue weighted by Gasteiger charge is -2.40. The highest BCUT2D eigenvalue weighted by atomic mass is 16.2. The van der Waals surface area contributed by atoms with Gasteiger partial charge in [-0.2, -0.15) is 5.10 Å². The molecule has 1 aromatic rings. The number of nitrogens with zero attached hydrogens (tertiary/aromatic N) is 1. The summed E-state index contributed by atoms with van der Waals surface area (Å²) in [6.45, 7) is 2.93. The second kappa shape index (κ2) is 8.69. The van der Waals surface area contributed by atoms with Crippen LogP contribution in [-0.2, 0) is 16.0 Å². The molecule has 2 aliphatic carbocycles. The minimum Gasteiger partial charge on any atom is -0.356 e. The van der Waals surface area contributed by atoms with E-state index in [-0.39, 0.29) is 23.3 Å². The highest BCUT2D eigenvalue weighted by molar-refractivity contribution is 5.83. The van der Waals surface area contributed by atoms with Crippen molar-refractivity contribution in [3.05, 3.63) is 18.0 Å². The number of carbonyl (C=O) groups excluding carboxylic acids is 2. The number of rotatable bonds is 9. The quantitative estimate of drug-likeness (QED) is 0.633. The number of H-pyrrole nitrogens is 1. The molecule has 6 nitrogen and oxygen atoms in total. The van der Waals surface area contributed by atoms with Gasteiger partial charge in [-0.25, -0.2) is 0 Å². The Morgan fingerprint density at radius 1 is 1.35 bits per heavy atom. The molecule has 2 aliphatic rings. The number of hydrogen-bond donors (Lipinski definition) is 3. The zero-order valence-electron chi connectivity index (χ0n) is 15.9. The van der Waals surface area contributed by atoms with Crippen LogP contribution in [0.4, 0.5) is 0 Å².